The van der Waals surface area contributed by atoms with Crippen LogP contribution in [0, 0.1) is 0 Å². The number of methoxy groups -OCH3 is 1. The van der Waals surface area contributed by atoms with E-state index in [0.29, 0.717) is 24.0 Å². The molecule has 0 fully saturated rings. The first kappa shape index (κ1) is 14.3. The molecule has 1 aliphatic heterocycles. The predicted octanol–water partition coefficient (Wildman–Crippen LogP) is 3.23. The number of benzene rings is 1. The Balaban J connectivity index is 1.77. The Morgan fingerprint density at radius 3 is 3.05 bits per heavy atom. The van der Waals surface area contributed by atoms with Crippen LogP contribution in [0.1, 0.15) is 25.2 Å². The summed E-state index contributed by atoms with van der Waals surface area (Å²) in [6.45, 7) is 4.75. The van der Waals surface area contributed by atoms with E-state index in [1.807, 2.05) is 12.1 Å². The molecule has 0 amide bonds. The van der Waals surface area contributed by atoms with E-state index in [4.69, 9.17) is 14.2 Å². The van der Waals surface area contributed by atoms with Gasteiger partial charge in [0.15, 0.2) is 11.5 Å². The van der Waals surface area contributed by atoms with E-state index in [1.54, 1.807) is 7.11 Å². The second-order valence-corrected chi connectivity index (χ2v) is 6.32. The number of aromatic nitrogens is 2. The van der Waals surface area contributed by atoms with Gasteiger partial charge in [-0.05, 0) is 19.9 Å². The first-order chi connectivity index (χ1) is 10.1. The highest BCUT2D eigenvalue weighted by atomic mass is 32.1. The largest absolute Gasteiger partial charge is 0.483 e. The van der Waals surface area contributed by atoms with Gasteiger partial charge in [-0.3, -0.25) is 0 Å². The minimum atomic E-state index is -0.188. The predicted molar refractivity (Wildman–Crippen MR) is 80.4 cm³/mol. The van der Waals surface area contributed by atoms with E-state index in [2.05, 4.69) is 29.3 Å². The molecule has 0 aliphatic carbocycles. The fourth-order valence-electron chi connectivity index (χ4n) is 2.34. The van der Waals surface area contributed by atoms with E-state index in [9.17, 15) is 0 Å². The molecule has 0 atom stereocenters. The molecule has 0 saturated heterocycles. The van der Waals surface area contributed by atoms with Crippen LogP contribution in [0.5, 0.6) is 16.7 Å². The van der Waals surface area contributed by atoms with Crippen molar-refractivity contribution < 1.29 is 14.2 Å². The highest BCUT2D eigenvalue weighted by Crippen LogP contribution is 2.43. The lowest BCUT2D eigenvalue weighted by atomic mass is 10.0. The van der Waals surface area contributed by atoms with Crippen LogP contribution in [0.2, 0.25) is 0 Å². The first-order valence-electron chi connectivity index (χ1n) is 6.88. The molecule has 0 saturated carbocycles. The Labute approximate surface area is 128 Å². The third-order valence-corrected chi connectivity index (χ3v) is 3.86. The summed E-state index contributed by atoms with van der Waals surface area (Å²) in [5.41, 5.74) is 0.980. The van der Waals surface area contributed by atoms with E-state index in [0.717, 1.165) is 18.0 Å². The summed E-state index contributed by atoms with van der Waals surface area (Å²) in [7, 11) is 1.66. The van der Waals surface area contributed by atoms with Gasteiger partial charge < -0.3 is 14.2 Å². The van der Waals surface area contributed by atoms with Gasteiger partial charge >= 0.3 is 0 Å². The molecule has 5 nitrogen and oxygen atoms in total. The van der Waals surface area contributed by atoms with Crippen molar-refractivity contribution in [2.45, 2.75) is 32.3 Å². The smallest absolute Gasteiger partial charge is 0.298 e. The summed E-state index contributed by atoms with van der Waals surface area (Å²) in [6.07, 6.45) is 1.57. The molecule has 2 heterocycles. The topological polar surface area (TPSA) is 53.5 Å². The highest BCUT2D eigenvalue weighted by molar-refractivity contribution is 7.07. The van der Waals surface area contributed by atoms with Crippen molar-refractivity contribution in [3.05, 3.63) is 29.6 Å². The molecule has 3 rings (SSSR count). The zero-order valence-corrected chi connectivity index (χ0v) is 13.2. The average molecular weight is 306 g/mol. The fraction of sp³-hybridized carbons (Fsp3) is 0.467. The average Bonchev–Trinajstić information content (AvgIpc) is 2.99. The Bertz CT molecular complexity index is 640. The van der Waals surface area contributed by atoms with Crippen molar-refractivity contribution in [3.8, 4) is 16.7 Å². The van der Waals surface area contributed by atoms with Gasteiger partial charge in [0, 0.05) is 37.0 Å². The van der Waals surface area contributed by atoms with Gasteiger partial charge in [-0.1, -0.05) is 12.1 Å². The van der Waals surface area contributed by atoms with Crippen molar-refractivity contribution in [1.29, 1.82) is 0 Å². The van der Waals surface area contributed by atoms with Gasteiger partial charge in [0.25, 0.3) is 5.19 Å². The Hall–Kier alpha value is -1.66. The Morgan fingerprint density at radius 2 is 2.24 bits per heavy atom. The summed E-state index contributed by atoms with van der Waals surface area (Å²) in [4.78, 5) is 4.35. The van der Waals surface area contributed by atoms with E-state index in [-0.39, 0.29) is 5.60 Å². The maximum absolute atomic E-state index is 5.98. The van der Waals surface area contributed by atoms with Crippen molar-refractivity contribution in [2.24, 2.45) is 0 Å². The van der Waals surface area contributed by atoms with Crippen LogP contribution in [0.15, 0.2) is 18.2 Å². The molecule has 0 spiro atoms. The molecular weight excluding hydrogens is 288 g/mol. The number of rotatable bonds is 5. The van der Waals surface area contributed by atoms with Gasteiger partial charge in [-0.2, -0.15) is 9.36 Å². The second kappa shape index (κ2) is 5.61. The first-order valence-corrected chi connectivity index (χ1v) is 7.65. The zero-order valence-electron chi connectivity index (χ0n) is 12.4. The van der Waals surface area contributed by atoms with Gasteiger partial charge in [0.1, 0.15) is 11.4 Å². The van der Waals surface area contributed by atoms with Gasteiger partial charge in [0.2, 0.25) is 0 Å². The van der Waals surface area contributed by atoms with Crippen LogP contribution in [0.3, 0.4) is 0 Å². The van der Waals surface area contributed by atoms with Gasteiger partial charge in [0.05, 0.1) is 6.61 Å². The molecule has 112 valence electrons. The summed E-state index contributed by atoms with van der Waals surface area (Å²) in [5.74, 6) is 2.26. The third-order valence-electron chi connectivity index (χ3n) is 3.23. The zero-order chi connectivity index (χ0) is 14.9. The highest BCUT2D eigenvalue weighted by Gasteiger charge is 2.32. The third kappa shape index (κ3) is 3.16. The minimum absolute atomic E-state index is 0.188. The van der Waals surface area contributed by atoms with Crippen LogP contribution >= 0.6 is 11.5 Å². The normalized spacial score (nSPS) is 15.6. The molecule has 1 aromatic heterocycles. The molecular formula is C15H18N2O3S. The van der Waals surface area contributed by atoms with E-state index in [1.165, 1.54) is 17.1 Å². The maximum Gasteiger partial charge on any atom is 0.298 e. The van der Waals surface area contributed by atoms with Crippen LogP contribution < -0.4 is 9.47 Å². The Morgan fingerprint density at radius 1 is 1.38 bits per heavy atom. The molecule has 0 unspecified atom stereocenters. The summed E-state index contributed by atoms with van der Waals surface area (Å²) < 4.78 is 21.1. The minimum Gasteiger partial charge on any atom is -0.483 e. The van der Waals surface area contributed by atoms with Crippen molar-refractivity contribution in [1.82, 2.24) is 9.36 Å². The number of fused-ring (bicyclic) bond motifs is 1. The van der Waals surface area contributed by atoms with Crippen LogP contribution in [-0.2, 0) is 17.6 Å². The summed E-state index contributed by atoms with van der Waals surface area (Å²) in [5, 5.41) is 0.530. The van der Waals surface area contributed by atoms with Crippen LogP contribution in [0.4, 0.5) is 0 Å². The number of para-hydroxylation sites is 1. The number of hydrogen-bond donors (Lipinski definition) is 0. The number of hydrogen-bond acceptors (Lipinski definition) is 6. The van der Waals surface area contributed by atoms with Crippen LogP contribution in [0.25, 0.3) is 0 Å². The standard InChI is InChI=1S/C15H18N2O3S/c1-15(2)9-10-5-4-6-11(13(10)20-15)19-14-16-12(17-21-14)7-8-18-3/h4-6H,7-9H2,1-3H3. The second-order valence-electron chi connectivity index (χ2n) is 5.60. The SMILES string of the molecule is COCCc1nsc(Oc2cccc3c2OC(C)(C)C3)n1. The van der Waals surface area contributed by atoms with Gasteiger partial charge in [-0.15, -0.1) is 0 Å². The van der Waals surface area contributed by atoms with Gasteiger partial charge in [-0.25, -0.2) is 0 Å². The maximum atomic E-state index is 5.98. The lowest BCUT2D eigenvalue weighted by Gasteiger charge is -2.17. The molecule has 2 aromatic rings. The van der Waals surface area contributed by atoms with Crippen molar-refractivity contribution in [3.63, 3.8) is 0 Å². The lowest BCUT2D eigenvalue weighted by Crippen LogP contribution is -2.24. The lowest BCUT2D eigenvalue weighted by molar-refractivity contribution is 0.135. The van der Waals surface area contributed by atoms with E-state index >= 15 is 0 Å². The number of nitrogens with zero attached hydrogens (tertiary/aromatic N) is 2. The van der Waals surface area contributed by atoms with Crippen molar-refractivity contribution >= 4 is 11.5 Å². The van der Waals surface area contributed by atoms with Crippen LogP contribution in [-0.4, -0.2) is 28.7 Å². The van der Waals surface area contributed by atoms with E-state index < -0.39 is 0 Å². The molecule has 1 aliphatic rings. The molecule has 0 N–H and O–H groups in total. The summed E-state index contributed by atoms with van der Waals surface area (Å²) >= 11 is 1.25. The van der Waals surface area contributed by atoms with Crippen molar-refractivity contribution in [2.75, 3.05) is 13.7 Å². The number of ether oxygens (including phenoxy) is 3. The molecule has 0 bridgehead atoms. The summed E-state index contributed by atoms with van der Waals surface area (Å²) in [6, 6.07) is 5.95. The molecule has 6 heteroatoms. The fourth-order valence-corrected chi connectivity index (χ4v) is 2.92. The quantitative estimate of drug-likeness (QED) is 0.849. The monoisotopic (exact) mass is 306 g/mol. The molecule has 0 radical (unpaired) electrons. The molecule has 21 heavy (non-hydrogen) atoms. The Kier molecular flexibility index (Phi) is 3.82. The molecule has 1 aromatic carbocycles.